The number of urea groups is 1. The number of nitrogens with one attached hydrogen (secondary N) is 1. The van der Waals surface area contributed by atoms with E-state index in [1.54, 1.807) is 20.2 Å². The normalized spacial score (nSPS) is 11.9. The zero-order valence-electron chi connectivity index (χ0n) is 10.3. The van der Waals surface area contributed by atoms with Crippen molar-refractivity contribution in [2.45, 2.75) is 19.4 Å². The molecule has 1 aromatic heterocycles. The van der Waals surface area contributed by atoms with Crippen LogP contribution >= 0.6 is 0 Å². The third kappa shape index (κ3) is 5.31. The molecule has 1 heterocycles. The highest BCUT2D eigenvalue weighted by molar-refractivity contribution is 5.73. The predicted octanol–water partition coefficient (Wildman–Crippen LogP) is 0.646. The first-order valence-electron chi connectivity index (χ1n) is 5.66. The quantitative estimate of drug-likeness (QED) is 0.790. The summed E-state index contributed by atoms with van der Waals surface area (Å²) in [4.78, 5) is 17.2. The van der Waals surface area contributed by atoms with E-state index < -0.39 is 6.10 Å². The molecule has 0 saturated heterocycles. The summed E-state index contributed by atoms with van der Waals surface area (Å²) in [6.45, 7) is 2.52. The van der Waals surface area contributed by atoms with Crippen LogP contribution in [-0.4, -0.2) is 47.3 Å². The van der Waals surface area contributed by atoms with Gasteiger partial charge in [0.1, 0.15) is 0 Å². The lowest BCUT2D eigenvalue weighted by Crippen LogP contribution is -2.41. The second-order valence-corrected chi connectivity index (χ2v) is 4.03. The third-order valence-electron chi connectivity index (χ3n) is 2.27. The minimum absolute atomic E-state index is 0.179. The lowest BCUT2D eigenvalue weighted by Gasteiger charge is -2.19. The Morgan fingerprint density at radius 3 is 2.94 bits per heavy atom. The minimum Gasteiger partial charge on any atom is -0.392 e. The predicted molar refractivity (Wildman–Crippen MR) is 65.7 cm³/mol. The molecule has 2 N–H and O–H groups in total. The van der Waals surface area contributed by atoms with Crippen molar-refractivity contribution in [3.8, 4) is 0 Å². The first-order valence-corrected chi connectivity index (χ1v) is 5.66. The molecular weight excluding hydrogens is 218 g/mol. The maximum Gasteiger partial charge on any atom is 0.317 e. The molecule has 0 radical (unpaired) electrons. The average Bonchev–Trinajstić information content (AvgIpc) is 2.29. The molecule has 1 aromatic rings. The highest BCUT2D eigenvalue weighted by Crippen LogP contribution is 1.94. The molecule has 5 heteroatoms. The SMILES string of the molecule is CC(O)CN(C)C(=O)NCCc1ccccn1. The maximum atomic E-state index is 11.6. The molecule has 1 atom stereocenters. The fourth-order valence-corrected chi connectivity index (χ4v) is 1.46. The number of rotatable bonds is 5. The summed E-state index contributed by atoms with van der Waals surface area (Å²) in [7, 11) is 1.66. The molecule has 0 spiro atoms. The van der Waals surface area contributed by atoms with Gasteiger partial charge in [-0.05, 0) is 19.1 Å². The van der Waals surface area contributed by atoms with E-state index in [9.17, 15) is 4.79 Å². The Balaban J connectivity index is 2.24. The third-order valence-corrected chi connectivity index (χ3v) is 2.27. The molecule has 1 rings (SSSR count). The van der Waals surface area contributed by atoms with Gasteiger partial charge in [-0.15, -0.1) is 0 Å². The van der Waals surface area contributed by atoms with Crippen LogP contribution in [0.1, 0.15) is 12.6 Å². The van der Waals surface area contributed by atoms with Crippen molar-refractivity contribution in [2.75, 3.05) is 20.1 Å². The molecule has 1 unspecified atom stereocenters. The van der Waals surface area contributed by atoms with E-state index in [0.717, 1.165) is 5.69 Å². The molecule has 0 fully saturated rings. The molecule has 2 amide bonds. The van der Waals surface area contributed by atoms with Gasteiger partial charge in [-0.25, -0.2) is 4.79 Å². The lowest BCUT2D eigenvalue weighted by atomic mass is 10.3. The molecule has 0 aliphatic carbocycles. The highest BCUT2D eigenvalue weighted by Gasteiger charge is 2.09. The van der Waals surface area contributed by atoms with Crippen molar-refractivity contribution in [3.05, 3.63) is 30.1 Å². The van der Waals surface area contributed by atoms with E-state index in [1.807, 2.05) is 18.2 Å². The summed E-state index contributed by atoms with van der Waals surface area (Å²) >= 11 is 0. The fourth-order valence-electron chi connectivity index (χ4n) is 1.46. The molecule has 94 valence electrons. The van der Waals surface area contributed by atoms with Gasteiger partial charge in [0, 0.05) is 38.4 Å². The van der Waals surface area contributed by atoms with Crippen LogP contribution in [0.5, 0.6) is 0 Å². The number of carbonyl (C=O) groups excluding carboxylic acids is 1. The summed E-state index contributed by atoms with van der Waals surface area (Å²) in [5.41, 5.74) is 0.950. The Morgan fingerprint density at radius 1 is 1.59 bits per heavy atom. The van der Waals surface area contributed by atoms with E-state index in [0.29, 0.717) is 19.5 Å². The van der Waals surface area contributed by atoms with Crippen molar-refractivity contribution in [1.82, 2.24) is 15.2 Å². The summed E-state index contributed by atoms with van der Waals surface area (Å²) in [6.07, 6.45) is 1.92. The monoisotopic (exact) mass is 237 g/mol. The Kier molecular flexibility index (Phi) is 5.42. The first-order chi connectivity index (χ1) is 8.09. The average molecular weight is 237 g/mol. The molecular formula is C12H19N3O2. The fraction of sp³-hybridized carbons (Fsp3) is 0.500. The number of aromatic nitrogens is 1. The topological polar surface area (TPSA) is 65.5 Å². The van der Waals surface area contributed by atoms with Gasteiger partial charge in [0.05, 0.1) is 6.10 Å². The minimum atomic E-state index is -0.512. The number of hydrogen-bond donors (Lipinski definition) is 2. The van der Waals surface area contributed by atoms with Gasteiger partial charge >= 0.3 is 6.03 Å². The van der Waals surface area contributed by atoms with Gasteiger partial charge in [0.2, 0.25) is 0 Å². The zero-order chi connectivity index (χ0) is 12.7. The zero-order valence-corrected chi connectivity index (χ0v) is 10.3. The number of aliphatic hydroxyl groups excluding tert-OH is 1. The number of pyridine rings is 1. The van der Waals surface area contributed by atoms with Crippen LogP contribution in [0.2, 0.25) is 0 Å². The van der Waals surface area contributed by atoms with Gasteiger partial charge in [0.15, 0.2) is 0 Å². The summed E-state index contributed by atoms with van der Waals surface area (Å²) in [5, 5.41) is 11.9. The smallest absolute Gasteiger partial charge is 0.317 e. The van der Waals surface area contributed by atoms with Crippen LogP contribution < -0.4 is 5.32 Å². The van der Waals surface area contributed by atoms with E-state index in [4.69, 9.17) is 5.11 Å². The van der Waals surface area contributed by atoms with Gasteiger partial charge < -0.3 is 15.3 Å². The number of hydrogen-bond acceptors (Lipinski definition) is 3. The Bertz CT molecular complexity index is 341. The van der Waals surface area contributed by atoms with E-state index >= 15 is 0 Å². The number of amides is 2. The lowest BCUT2D eigenvalue weighted by molar-refractivity contribution is 0.144. The van der Waals surface area contributed by atoms with Gasteiger partial charge in [-0.2, -0.15) is 0 Å². The van der Waals surface area contributed by atoms with E-state index in [1.165, 1.54) is 4.90 Å². The second-order valence-electron chi connectivity index (χ2n) is 4.03. The number of nitrogens with zero attached hydrogens (tertiary/aromatic N) is 2. The molecule has 17 heavy (non-hydrogen) atoms. The molecule has 0 bridgehead atoms. The van der Waals surface area contributed by atoms with Crippen molar-refractivity contribution in [2.24, 2.45) is 0 Å². The maximum absolute atomic E-state index is 11.6. The first kappa shape index (κ1) is 13.4. The van der Waals surface area contributed by atoms with Gasteiger partial charge in [-0.3, -0.25) is 4.98 Å². The standard InChI is InChI=1S/C12H19N3O2/c1-10(16)9-15(2)12(17)14-8-6-11-5-3-4-7-13-11/h3-5,7,10,16H,6,8-9H2,1-2H3,(H,14,17). The Labute approximate surface area is 101 Å². The molecule has 0 saturated carbocycles. The van der Waals surface area contributed by atoms with Crippen LogP contribution in [0, 0.1) is 0 Å². The summed E-state index contributed by atoms with van der Waals surface area (Å²) in [6, 6.07) is 5.52. The molecule has 0 aliphatic heterocycles. The summed E-state index contributed by atoms with van der Waals surface area (Å²) in [5.74, 6) is 0. The van der Waals surface area contributed by atoms with Crippen molar-refractivity contribution < 1.29 is 9.90 Å². The highest BCUT2D eigenvalue weighted by atomic mass is 16.3. The van der Waals surface area contributed by atoms with Gasteiger partial charge in [-0.1, -0.05) is 6.07 Å². The molecule has 5 nitrogen and oxygen atoms in total. The van der Waals surface area contributed by atoms with Crippen LogP contribution in [0.25, 0.3) is 0 Å². The van der Waals surface area contributed by atoms with Crippen molar-refractivity contribution in [1.29, 1.82) is 0 Å². The number of aliphatic hydroxyl groups is 1. The van der Waals surface area contributed by atoms with Crippen molar-refractivity contribution in [3.63, 3.8) is 0 Å². The molecule has 0 aromatic carbocycles. The summed E-state index contributed by atoms with van der Waals surface area (Å²) < 4.78 is 0. The van der Waals surface area contributed by atoms with Crippen LogP contribution in [0.15, 0.2) is 24.4 Å². The van der Waals surface area contributed by atoms with Crippen LogP contribution in [0.3, 0.4) is 0 Å². The van der Waals surface area contributed by atoms with E-state index in [2.05, 4.69) is 10.3 Å². The molecule has 0 aliphatic rings. The Hall–Kier alpha value is -1.62. The number of carbonyl (C=O) groups is 1. The van der Waals surface area contributed by atoms with Gasteiger partial charge in [0.25, 0.3) is 0 Å². The van der Waals surface area contributed by atoms with Crippen LogP contribution in [0.4, 0.5) is 4.79 Å². The number of likely N-dealkylation sites (N-methyl/N-ethyl adjacent to an activating group) is 1. The van der Waals surface area contributed by atoms with Crippen LogP contribution in [-0.2, 0) is 6.42 Å². The largest absolute Gasteiger partial charge is 0.392 e. The second kappa shape index (κ2) is 6.85. The Morgan fingerprint density at radius 2 is 2.35 bits per heavy atom. The van der Waals surface area contributed by atoms with E-state index in [-0.39, 0.29) is 6.03 Å². The van der Waals surface area contributed by atoms with Crippen molar-refractivity contribution >= 4 is 6.03 Å².